The molecule has 24 heavy (non-hydrogen) atoms. The van der Waals surface area contributed by atoms with Gasteiger partial charge in [-0.2, -0.15) is 5.10 Å². The van der Waals surface area contributed by atoms with Crippen molar-refractivity contribution in [2.45, 2.75) is 0 Å². The second kappa shape index (κ2) is 7.01. The highest BCUT2D eigenvalue weighted by atomic mass is 35.5. The van der Waals surface area contributed by atoms with Gasteiger partial charge in [-0.05, 0) is 24.3 Å². The highest BCUT2D eigenvalue weighted by molar-refractivity contribution is 6.32. The predicted octanol–water partition coefficient (Wildman–Crippen LogP) is 2.45. The number of hydrogen-bond acceptors (Lipinski definition) is 6. The number of carbonyl (C=O) groups excluding carboxylic acids is 1. The van der Waals surface area contributed by atoms with Gasteiger partial charge in [0.15, 0.2) is 0 Å². The topological polar surface area (TPSA) is 89.4 Å². The molecule has 8 heteroatoms. The highest BCUT2D eigenvalue weighted by Crippen LogP contribution is 2.23. The van der Waals surface area contributed by atoms with Crippen molar-refractivity contribution >= 4 is 34.6 Å². The molecule has 0 fully saturated rings. The van der Waals surface area contributed by atoms with Gasteiger partial charge in [0.2, 0.25) is 0 Å². The zero-order valence-corrected chi connectivity index (χ0v) is 13.4. The third kappa shape index (κ3) is 3.47. The van der Waals surface area contributed by atoms with Gasteiger partial charge in [0.05, 0.1) is 25.0 Å². The summed E-state index contributed by atoms with van der Waals surface area (Å²) in [7, 11) is 1.59. The molecule has 0 bridgehead atoms. The van der Waals surface area contributed by atoms with Gasteiger partial charge in [-0.1, -0.05) is 11.6 Å². The number of nitrogens with one attached hydrogen (secondary N) is 1. The van der Waals surface area contributed by atoms with Gasteiger partial charge in [-0.25, -0.2) is 15.4 Å². The maximum Gasteiger partial charge on any atom is 0.291 e. The number of pyridine rings is 1. The molecule has 0 atom stereocenters. The van der Waals surface area contributed by atoms with Crippen molar-refractivity contribution in [3.8, 4) is 5.75 Å². The van der Waals surface area contributed by atoms with Crippen LogP contribution in [-0.4, -0.2) is 34.2 Å². The van der Waals surface area contributed by atoms with Gasteiger partial charge in [0.1, 0.15) is 16.6 Å². The number of carbonyl (C=O) groups is 1. The van der Waals surface area contributed by atoms with Gasteiger partial charge in [-0.15, -0.1) is 0 Å². The van der Waals surface area contributed by atoms with Crippen LogP contribution in [0.25, 0.3) is 10.9 Å². The fourth-order valence-electron chi connectivity index (χ4n) is 2.00. The molecule has 0 radical (unpaired) electrons. The number of hydrogen-bond donors (Lipinski definition) is 1. The minimum absolute atomic E-state index is 0.169. The maximum absolute atomic E-state index is 11.8. The van der Waals surface area contributed by atoms with Crippen LogP contribution < -0.4 is 10.2 Å². The van der Waals surface area contributed by atoms with Gasteiger partial charge < -0.3 is 4.74 Å². The second-order valence-corrected chi connectivity index (χ2v) is 5.07. The van der Waals surface area contributed by atoms with Crippen LogP contribution in [0.15, 0.2) is 48.0 Å². The zero-order valence-electron chi connectivity index (χ0n) is 12.6. The monoisotopic (exact) mass is 341 g/mol. The molecule has 1 aromatic carbocycles. The van der Waals surface area contributed by atoms with Crippen LogP contribution in [0.5, 0.6) is 5.75 Å². The molecule has 7 nitrogen and oxygen atoms in total. The lowest BCUT2D eigenvalue weighted by molar-refractivity contribution is 0.0949. The molecule has 120 valence electrons. The van der Waals surface area contributed by atoms with Gasteiger partial charge in [0, 0.05) is 23.3 Å². The first-order valence-electron chi connectivity index (χ1n) is 6.91. The van der Waals surface area contributed by atoms with Crippen LogP contribution in [0.1, 0.15) is 16.1 Å². The molecule has 1 amide bonds. The number of ether oxygens (including phenoxy) is 1. The first-order chi connectivity index (χ1) is 11.7. The van der Waals surface area contributed by atoms with E-state index in [2.05, 4.69) is 25.5 Å². The summed E-state index contributed by atoms with van der Waals surface area (Å²) in [6, 6.07) is 7.27. The molecule has 0 saturated carbocycles. The Hall–Kier alpha value is -3.06. The molecular formula is C16H12ClN5O2. The summed E-state index contributed by atoms with van der Waals surface area (Å²) in [5.41, 5.74) is 3.83. The Kier molecular flexibility index (Phi) is 4.62. The normalized spacial score (nSPS) is 10.9. The van der Waals surface area contributed by atoms with E-state index in [1.807, 2.05) is 18.2 Å². The Morgan fingerprint density at radius 1 is 1.33 bits per heavy atom. The van der Waals surface area contributed by atoms with Crippen LogP contribution in [0.3, 0.4) is 0 Å². The zero-order chi connectivity index (χ0) is 16.9. The van der Waals surface area contributed by atoms with Gasteiger partial charge >= 0.3 is 0 Å². The van der Waals surface area contributed by atoms with E-state index in [0.717, 1.165) is 10.9 Å². The van der Waals surface area contributed by atoms with E-state index < -0.39 is 5.91 Å². The van der Waals surface area contributed by atoms with Crippen molar-refractivity contribution in [1.82, 2.24) is 20.4 Å². The highest BCUT2D eigenvalue weighted by Gasteiger charge is 2.06. The van der Waals surface area contributed by atoms with Crippen LogP contribution in [0.2, 0.25) is 5.15 Å². The number of rotatable bonds is 4. The molecule has 2 aromatic heterocycles. The van der Waals surface area contributed by atoms with Gasteiger partial charge in [-0.3, -0.25) is 9.78 Å². The lowest BCUT2D eigenvalue weighted by Crippen LogP contribution is -2.19. The first kappa shape index (κ1) is 15.8. The lowest BCUT2D eigenvalue weighted by Gasteiger charge is -2.04. The van der Waals surface area contributed by atoms with E-state index in [-0.39, 0.29) is 10.8 Å². The summed E-state index contributed by atoms with van der Waals surface area (Å²) in [5.74, 6) is 0.247. The number of methoxy groups -OCH3 is 1. The smallest absolute Gasteiger partial charge is 0.291 e. The van der Waals surface area contributed by atoms with Gasteiger partial charge in [0.25, 0.3) is 5.91 Å². The quantitative estimate of drug-likeness (QED) is 0.447. The summed E-state index contributed by atoms with van der Waals surface area (Å²) in [5, 5.41) is 5.01. The largest absolute Gasteiger partial charge is 0.497 e. The fraction of sp³-hybridized carbons (Fsp3) is 0.0625. The average Bonchev–Trinajstić information content (AvgIpc) is 2.62. The van der Waals surface area contributed by atoms with E-state index in [0.29, 0.717) is 11.3 Å². The predicted molar refractivity (Wildman–Crippen MR) is 90.4 cm³/mol. The lowest BCUT2D eigenvalue weighted by atomic mass is 10.1. The third-order valence-electron chi connectivity index (χ3n) is 3.17. The van der Waals surface area contributed by atoms with E-state index in [4.69, 9.17) is 16.3 Å². The second-order valence-electron chi connectivity index (χ2n) is 4.72. The van der Waals surface area contributed by atoms with Crippen molar-refractivity contribution < 1.29 is 9.53 Å². The molecular weight excluding hydrogens is 330 g/mol. The minimum Gasteiger partial charge on any atom is -0.497 e. The van der Waals surface area contributed by atoms with E-state index >= 15 is 0 Å². The number of aromatic nitrogens is 3. The molecule has 0 aliphatic rings. The molecule has 3 rings (SSSR count). The van der Waals surface area contributed by atoms with E-state index in [1.54, 1.807) is 13.2 Å². The van der Waals surface area contributed by atoms with Crippen LogP contribution >= 0.6 is 11.6 Å². The molecule has 2 heterocycles. The summed E-state index contributed by atoms with van der Waals surface area (Å²) < 4.78 is 5.19. The molecule has 0 spiro atoms. The molecule has 3 aromatic rings. The van der Waals surface area contributed by atoms with Crippen molar-refractivity contribution in [2.75, 3.05) is 7.11 Å². The molecule has 0 aliphatic heterocycles. The summed E-state index contributed by atoms with van der Waals surface area (Å²) in [6.45, 7) is 0. The van der Waals surface area contributed by atoms with E-state index in [9.17, 15) is 4.79 Å². The Bertz CT molecular complexity index is 915. The third-order valence-corrected chi connectivity index (χ3v) is 3.47. The Balaban J connectivity index is 1.81. The van der Waals surface area contributed by atoms with Crippen LogP contribution in [0.4, 0.5) is 0 Å². The van der Waals surface area contributed by atoms with Crippen molar-refractivity contribution in [2.24, 2.45) is 5.10 Å². The fourth-order valence-corrected chi connectivity index (χ4v) is 2.19. The standard InChI is InChI=1S/C16H12ClN5O2/c1-24-12-2-3-13-10(7-12)6-11(15(17)21-13)8-20-22-16(23)14-9-18-4-5-19-14/h2-9H,1H3,(H,22,23)/b20-8+. The summed E-state index contributed by atoms with van der Waals surface area (Å²) >= 11 is 6.14. The van der Waals surface area contributed by atoms with Crippen LogP contribution in [-0.2, 0) is 0 Å². The van der Waals surface area contributed by atoms with Crippen molar-refractivity contribution in [3.63, 3.8) is 0 Å². The van der Waals surface area contributed by atoms with Crippen molar-refractivity contribution in [1.29, 1.82) is 0 Å². The number of fused-ring (bicyclic) bond motifs is 1. The SMILES string of the molecule is COc1ccc2nc(Cl)c(/C=N/NC(=O)c3cnccn3)cc2c1. The molecule has 0 aliphatic carbocycles. The Morgan fingerprint density at radius 2 is 2.21 bits per heavy atom. The number of halogens is 1. The average molecular weight is 342 g/mol. The minimum atomic E-state index is -0.467. The number of amides is 1. The molecule has 0 unspecified atom stereocenters. The summed E-state index contributed by atoms with van der Waals surface area (Å²) in [4.78, 5) is 23.8. The molecule has 1 N–H and O–H groups in total. The number of nitrogens with zero attached hydrogens (tertiary/aromatic N) is 4. The summed E-state index contributed by atoms with van der Waals surface area (Å²) in [6.07, 6.45) is 5.68. The molecule has 0 saturated heterocycles. The van der Waals surface area contributed by atoms with E-state index in [1.165, 1.54) is 24.8 Å². The number of hydrazone groups is 1. The first-order valence-corrected chi connectivity index (χ1v) is 7.29. The van der Waals surface area contributed by atoms with Crippen LogP contribution in [0, 0.1) is 0 Å². The maximum atomic E-state index is 11.8. The Labute approximate surface area is 142 Å². The van der Waals surface area contributed by atoms with Crippen molar-refractivity contribution in [3.05, 3.63) is 59.3 Å². The number of benzene rings is 1. The Morgan fingerprint density at radius 3 is 2.96 bits per heavy atom.